The van der Waals surface area contributed by atoms with Crippen molar-refractivity contribution in [3.05, 3.63) is 33.3 Å². The van der Waals surface area contributed by atoms with Gasteiger partial charge in [-0.2, -0.15) is 0 Å². The molecule has 2 atom stereocenters. The Morgan fingerprint density at radius 3 is 2.89 bits per heavy atom. The van der Waals surface area contributed by atoms with Crippen LogP contribution in [0.25, 0.3) is 0 Å². The van der Waals surface area contributed by atoms with Gasteiger partial charge in [0.25, 0.3) is 0 Å². The Hall–Kier alpha value is -1.29. The molecule has 1 aliphatic carbocycles. The number of rotatable bonds is 3. The number of hydrogen-bond donors (Lipinski definition) is 0. The Kier molecular flexibility index (Phi) is 4.07. The van der Waals surface area contributed by atoms with Crippen LogP contribution in [-0.4, -0.2) is 11.0 Å². The van der Waals surface area contributed by atoms with E-state index in [-0.39, 0.29) is 17.5 Å². The molecule has 98 valence electrons. The molecule has 0 spiro atoms. The van der Waals surface area contributed by atoms with E-state index in [1.54, 1.807) is 0 Å². The Balaban J connectivity index is 2.16. The number of hydrogen-bond acceptors (Lipinski definition) is 3. The van der Waals surface area contributed by atoms with Crippen molar-refractivity contribution in [1.82, 2.24) is 0 Å². The summed E-state index contributed by atoms with van der Waals surface area (Å²) in [5, 5.41) is 11.4. The highest BCUT2D eigenvalue weighted by Gasteiger charge is 2.24. The third-order valence-electron chi connectivity index (χ3n) is 3.30. The van der Waals surface area contributed by atoms with E-state index >= 15 is 0 Å². The topological polar surface area (TPSA) is 52.4 Å². The van der Waals surface area contributed by atoms with Crippen LogP contribution in [0.4, 0.5) is 5.69 Å². The predicted octanol–water partition coefficient (Wildman–Crippen LogP) is 4.21. The fraction of sp³-hybridized carbons (Fsp3) is 0.538. The zero-order valence-electron chi connectivity index (χ0n) is 10.3. The van der Waals surface area contributed by atoms with E-state index in [0.29, 0.717) is 10.9 Å². The molecule has 0 aromatic heterocycles. The van der Waals surface area contributed by atoms with Gasteiger partial charge in [-0.1, -0.05) is 24.9 Å². The third-order valence-corrected chi connectivity index (χ3v) is 3.54. The van der Waals surface area contributed by atoms with E-state index in [2.05, 4.69) is 6.92 Å². The molecule has 2 rings (SSSR count). The Morgan fingerprint density at radius 2 is 2.22 bits per heavy atom. The van der Waals surface area contributed by atoms with Crippen LogP contribution < -0.4 is 4.74 Å². The summed E-state index contributed by atoms with van der Waals surface area (Å²) >= 11 is 5.87. The van der Waals surface area contributed by atoms with Crippen LogP contribution in [0, 0.1) is 16.0 Å². The molecule has 1 aromatic carbocycles. The Morgan fingerprint density at radius 1 is 1.44 bits per heavy atom. The van der Waals surface area contributed by atoms with E-state index < -0.39 is 4.92 Å². The lowest BCUT2D eigenvalue weighted by Crippen LogP contribution is -2.24. The van der Waals surface area contributed by atoms with Crippen molar-refractivity contribution in [1.29, 1.82) is 0 Å². The van der Waals surface area contributed by atoms with Gasteiger partial charge in [0.15, 0.2) is 5.75 Å². The number of nitro benzene ring substituents is 1. The summed E-state index contributed by atoms with van der Waals surface area (Å²) in [5.74, 6) is 0.897. The monoisotopic (exact) mass is 269 g/mol. The second-order valence-electron chi connectivity index (χ2n) is 4.88. The lowest BCUT2D eigenvalue weighted by Gasteiger charge is -2.27. The molecular formula is C13H16ClNO3. The minimum Gasteiger partial charge on any atom is -0.483 e. The first-order chi connectivity index (χ1) is 8.56. The van der Waals surface area contributed by atoms with Crippen molar-refractivity contribution in [2.75, 3.05) is 0 Å². The van der Waals surface area contributed by atoms with Gasteiger partial charge in [0.05, 0.1) is 11.0 Å². The third kappa shape index (κ3) is 3.13. The number of nitro groups is 1. The Labute approximate surface area is 111 Å². The van der Waals surface area contributed by atoms with Gasteiger partial charge in [-0.25, -0.2) is 0 Å². The fourth-order valence-electron chi connectivity index (χ4n) is 2.40. The van der Waals surface area contributed by atoms with E-state index in [4.69, 9.17) is 16.3 Å². The van der Waals surface area contributed by atoms with Gasteiger partial charge in [0, 0.05) is 17.2 Å². The number of ether oxygens (including phenoxy) is 1. The van der Waals surface area contributed by atoms with Crippen molar-refractivity contribution in [2.24, 2.45) is 5.92 Å². The van der Waals surface area contributed by atoms with Crippen LogP contribution >= 0.6 is 11.6 Å². The SMILES string of the molecule is CC1CCCC(Oc2cc(Cl)ccc2[N+](=O)[O-])C1. The Bertz CT molecular complexity index is 450. The fourth-order valence-corrected chi connectivity index (χ4v) is 2.56. The minimum atomic E-state index is -0.433. The van der Waals surface area contributed by atoms with Crippen molar-refractivity contribution >= 4 is 17.3 Å². The highest BCUT2D eigenvalue weighted by atomic mass is 35.5. The molecule has 2 unspecified atom stereocenters. The second kappa shape index (κ2) is 5.57. The zero-order chi connectivity index (χ0) is 13.1. The summed E-state index contributed by atoms with van der Waals surface area (Å²) in [5.41, 5.74) is -0.0161. The molecule has 1 aromatic rings. The van der Waals surface area contributed by atoms with E-state index in [1.165, 1.54) is 24.6 Å². The van der Waals surface area contributed by atoms with Crippen LogP contribution in [0.15, 0.2) is 18.2 Å². The molecule has 0 bridgehead atoms. The molecular weight excluding hydrogens is 254 g/mol. The van der Waals surface area contributed by atoms with Gasteiger partial charge in [0.1, 0.15) is 0 Å². The summed E-state index contributed by atoms with van der Waals surface area (Å²) in [4.78, 5) is 10.5. The van der Waals surface area contributed by atoms with Crippen molar-refractivity contribution in [3.63, 3.8) is 0 Å². The highest BCUT2D eigenvalue weighted by Crippen LogP contribution is 2.34. The molecule has 0 saturated heterocycles. The summed E-state index contributed by atoms with van der Waals surface area (Å²) < 4.78 is 5.77. The first kappa shape index (κ1) is 13.1. The molecule has 1 aliphatic rings. The summed E-state index contributed by atoms with van der Waals surface area (Å²) in [6, 6.07) is 4.43. The average Bonchev–Trinajstić information content (AvgIpc) is 2.28. The standard InChI is InChI=1S/C13H16ClNO3/c1-9-3-2-4-11(7-9)18-13-8-10(14)5-6-12(13)15(16)17/h5-6,8-9,11H,2-4,7H2,1H3. The molecule has 0 heterocycles. The molecule has 4 nitrogen and oxygen atoms in total. The summed E-state index contributed by atoms with van der Waals surface area (Å²) in [6.07, 6.45) is 4.28. The predicted molar refractivity (Wildman–Crippen MR) is 70.2 cm³/mol. The van der Waals surface area contributed by atoms with Crippen molar-refractivity contribution in [3.8, 4) is 5.75 Å². The molecule has 0 radical (unpaired) electrons. The summed E-state index contributed by atoms with van der Waals surface area (Å²) in [7, 11) is 0. The normalized spacial score (nSPS) is 23.7. The van der Waals surface area contributed by atoms with Gasteiger partial charge in [-0.15, -0.1) is 0 Å². The maximum Gasteiger partial charge on any atom is 0.311 e. The second-order valence-corrected chi connectivity index (χ2v) is 5.32. The van der Waals surface area contributed by atoms with Crippen LogP contribution in [0.2, 0.25) is 5.02 Å². The van der Waals surface area contributed by atoms with Crippen LogP contribution in [0.1, 0.15) is 32.6 Å². The zero-order valence-corrected chi connectivity index (χ0v) is 11.0. The lowest BCUT2D eigenvalue weighted by atomic mass is 9.89. The van der Waals surface area contributed by atoms with E-state index in [0.717, 1.165) is 19.3 Å². The largest absolute Gasteiger partial charge is 0.483 e. The van der Waals surface area contributed by atoms with E-state index in [1.807, 2.05) is 0 Å². The smallest absolute Gasteiger partial charge is 0.311 e. The molecule has 1 saturated carbocycles. The molecule has 1 fully saturated rings. The quantitative estimate of drug-likeness (QED) is 0.610. The number of benzene rings is 1. The molecule has 0 N–H and O–H groups in total. The summed E-state index contributed by atoms with van der Waals surface area (Å²) in [6.45, 7) is 2.18. The average molecular weight is 270 g/mol. The molecule has 5 heteroatoms. The van der Waals surface area contributed by atoms with Gasteiger partial charge in [-0.3, -0.25) is 10.1 Å². The van der Waals surface area contributed by atoms with Crippen LogP contribution in [0.3, 0.4) is 0 Å². The van der Waals surface area contributed by atoms with Gasteiger partial charge < -0.3 is 4.74 Å². The maximum absolute atomic E-state index is 10.9. The lowest BCUT2D eigenvalue weighted by molar-refractivity contribution is -0.386. The van der Waals surface area contributed by atoms with Gasteiger partial charge in [0.2, 0.25) is 0 Å². The number of nitrogens with zero attached hydrogens (tertiary/aromatic N) is 1. The number of halogens is 1. The van der Waals surface area contributed by atoms with Crippen LogP contribution in [0.5, 0.6) is 5.75 Å². The highest BCUT2D eigenvalue weighted by molar-refractivity contribution is 6.30. The maximum atomic E-state index is 10.9. The molecule has 18 heavy (non-hydrogen) atoms. The minimum absolute atomic E-state index is 0.0161. The van der Waals surface area contributed by atoms with Crippen molar-refractivity contribution in [2.45, 2.75) is 38.7 Å². The van der Waals surface area contributed by atoms with E-state index in [9.17, 15) is 10.1 Å². The molecule has 0 aliphatic heterocycles. The first-order valence-electron chi connectivity index (χ1n) is 6.17. The van der Waals surface area contributed by atoms with Crippen molar-refractivity contribution < 1.29 is 9.66 Å². The van der Waals surface area contributed by atoms with Gasteiger partial charge >= 0.3 is 5.69 Å². The van der Waals surface area contributed by atoms with Gasteiger partial charge in [-0.05, 0) is 31.2 Å². The molecule has 0 amide bonds. The van der Waals surface area contributed by atoms with Crippen LogP contribution in [-0.2, 0) is 0 Å². The first-order valence-corrected chi connectivity index (χ1v) is 6.54.